The smallest absolute Gasteiger partial charge is 0.270 e. The summed E-state index contributed by atoms with van der Waals surface area (Å²) in [4.78, 5) is 80.5. The molecule has 18 heteroatoms. The van der Waals surface area contributed by atoms with Gasteiger partial charge in [0.15, 0.2) is 5.78 Å². The van der Waals surface area contributed by atoms with Gasteiger partial charge in [0.25, 0.3) is 23.6 Å². The maximum Gasteiger partial charge on any atom is 0.270 e. The predicted octanol–water partition coefficient (Wildman–Crippen LogP) is 9.31. The van der Waals surface area contributed by atoms with Crippen LogP contribution in [-0.4, -0.2) is 106 Å². The van der Waals surface area contributed by atoms with Crippen LogP contribution in [0.4, 0.5) is 8.78 Å². The highest BCUT2D eigenvalue weighted by Crippen LogP contribution is 2.42. The van der Waals surface area contributed by atoms with Gasteiger partial charge in [-0.2, -0.15) is 10.5 Å². The Hall–Kier alpha value is -9.03. The first-order valence-electron chi connectivity index (χ1n) is 27.5. The zero-order chi connectivity index (χ0) is 56.4. The SMILES string of the molecule is N#Cc1ccc(OC2CCC(NC(=O)c3ccc(C(=O)N4CCC(Oc5ccc(F)cc5)CC4)cn3)CC2C2CC(NC(=O)c3ccc(C(=O)N4CCC(C(=O)c5ccc(F)cc5)CC4)cn3)CCC2Oc2ccc(C#N)cc2)cc1. The van der Waals surface area contributed by atoms with Crippen molar-refractivity contribution in [3.05, 3.63) is 185 Å². The van der Waals surface area contributed by atoms with Crippen molar-refractivity contribution in [1.82, 2.24) is 30.4 Å². The van der Waals surface area contributed by atoms with E-state index in [1.54, 1.807) is 88.7 Å². The van der Waals surface area contributed by atoms with Gasteiger partial charge in [0, 0.05) is 86.8 Å². The summed E-state index contributed by atoms with van der Waals surface area (Å²) in [6, 6.07) is 35.1. The van der Waals surface area contributed by atoms with E-state index >= 15 is 0 Å². The number of amides is 4. The predicted molar refractivity (Wildman–Crippen MR) is 292 cm³/mol. The molecule has 2 aliphatic carbocycles. The first kappa shape index (κ1) is 55.3. The third kappa shape index (κ3) is 13.7. The number of ketones is 1. The molecule has 6 aromatic rings. The molecule has 4 amide bonds. The summed E-state index contributed by atoms with van der Waals surface area (Å²) in [6.07, 6.45) is 7.24. The minimum absolute atomic E-state index is 0.0733. The van der Waals surface area contributed by atoms with Gasteiger partial charge in [0.05, 0.1) is 34.4 Å². The van der Waals surface area contributed by atoms with Crippen molar-refractivity contribution >= 4 is 29.4 Å². The third-order valence-electron chi connectivity index (χ3n) is 16.0. The van der Waals surface area contributed by atoms with Crippen LogP contribution < -0.4 is 24.8 Å². The molecule has 4 aliphatic rings. The van der Waals surface area contributed by atoms with Gasteiger partial charge in [-0.3, -0.25) is 33.9 Å². The molecule has 2 saturated heterocycles. The number of pyridine rings is 2. The summed E-state index contributed by atoms with van der Waals surface area (Å²) in [6.45, 7) is 1.65. The Labute approximate surface area is 468 Å². The molecule has 0 spiro atoms. The highest BCUT2D eigenvalue weighted by atomic mass is 19.1. The highest BCUT2D eigenvalue weighted by Gasteiger charge is 2.45. The molecule has 2 N–H and O–H groups in total. The van der Waals surface area contributed by atoms with Crippen molar-refractivity contribution in [2.45, 2.75) is 94.6 Å². The lowest BCUT2D eigenvalue weighted by Gasteiger charge is -2.46. The van der Waals surface area contributed by atoms with Crippen LogP contribution in [0.1, 0.15) is 127 Å². The van der Waals surface area contributed by atoms with Crippen LogP contribution in [0.15, 0.2) is 134 Å². The van der Waals surface area contributed by atoms with Crippen LogP contribution in [0.2, 0.25) is 0 Å². The fourth-order valence-electron chi connectivity index (χ4n) is 11.6. The fourth-order valence-corrected chi connectivity index (χ4v) is 11.6. The molecule has 4 heterocycles. The van der Waals surface area contributed by atoms with Crippen molar-refractivity contribution in [3.8, 4) is 29.4 Å². The van der Waals surface area contributed by atoms with Gasteiger partial charge >= 0.3 is 0 Å². The standard InChI is InChI=1S/C63H60F2N8O8/c64-45-9-5-41(6-10-45)59(74)42-25-29-72(30-26-42)62(77)43-7-21-55(68-37-43)60(75)70-47-13-23-57(80-50-15-1-39(35-66)2-16-50)53(33-47)54-34-48(14-24-58(54)81-51-17-3-40(36-67)4-18-51)71-61(76)56-22-8-44(38-69-56)63(78)73-31-27-52(28-32-73)79-49-19-11-46(65)12-20-49/h1-12,15-22,37-38,42,47-48,52-54,57-58H,13-14,23-34H2,(H,70,75)(H,71,76). The van der Waals surface area contributed by atoms with Gasteiger partial charge in [-0.05, 0) is 173 Å². The molecule has 2 saturated carbocycles. The Morgan fingerprint density at radius 1 is 0.481 bits per heavy atom. The van der Waals surface area contributed by atoms with Crippen molar-refractivity contribution in [2.24, 2.45) is 17.8 Å². The van der Waals surface area contributed by atoms with Crippen LogP contribution >= 0.6 is 0 Å². The average Bonchev–Trinajstić information content (AvgIpc) is 3.53. The van der Waals surface area contributed by atoms with E-state index in [2.05, 4.69) is 32.7 Å². The molecule has 6 atom stereocenters. The van der Waals surface area contributed by atoms with E-state index in [1.807, 2.05) is 0 Å². The number of likely N-dealkylation sites (tertiary alicyclic amines) is 2. The van der Waals surface area contributed by atoms with Gasteiger partial charge < -0.3 is 34.6 Å². The molecule has 2 aliphatic heterocycles. The van der Waals surface area contributed by atoms with Crippen molar-refractivity contribution in [2.75, 3.05) is 26.2 Å². The monoisotopic (exact) mass is 1090 g/mol. The lowest BCUT2D eigenvalue weighted by molar-refractivity contribution is -0.0247. The second kappa shape index (κ2) is 25.4. The molecule has 16 nitrogen and oxygen atoms in total. The molecule has 4 aromatic carbocycles. The Morgan fingerprint density at radius 3 is 1.30 bits per heavy atom. The molecule has 10 rings (SSSR count). The summed E-state index contributed by atoms with van der Waals surface area (Å²) < 4.78 is 46.4. The summed E-state index contributed by atoms with van der Waals surface area (Å²) in [5.74, 6) is -1.15. The van der Waals surface area contributed by atoms with E-state index in [0.29, 0.717) is 135 Å². The second-order valence-corrected chi connectivity index (χ2v) is 21.2. The molecule has 414 valence electrons. The Morgan fingerprint density at radius 2 is 0.877 bits per heavy atom. The highest BCUT2D eigenvalue weighted by molar-refractivity contribution is 5.99. The maximum atomic E-state index is 14.0. The van der Waals surface area contributed by atoms with Crippen LogP contribution in [-0.2, 0) is 0 Å². The van der Waals surface area contributed by atoms with Crippen molar-refractivity contribution < 1.29 is 47.0 Å². The lowest BCUT2D eigenvalue weighted by Crippen LogP contribution is -2.53. The minimum Gasteiger partial charge on any atom is -0.490 e. The Balaban J connectivity index is 0.808. The molecule has 6 unspecified atom stereocenters. The van der Waals surface area contributed by atoms with E-state index in [9.17, 15) is 43.3 Å². The third-order valence-corrected chi connectivity index (χ3v) is 16.0. The maximum absolute atomic E-state index is 14.0. The van der Waals surface area contributed by atoms with Gasteiger partial charge in [0.1, 0.15) is 58.6 Å². The van der Waals surface area contributed by atoms with Crippen molar-refractivity contribution in [3.63, 3.8) is 0 Å². The molecule has 0 radical (unpaired) electrons. The minimum atomic E-state index is -0.415. The molecular weight excluding hydrogens is 1030 g/mol. The Bertz CT molecular complexity index is 3280. The first-order chi connectivity index (χ1) is 39.4. The number of carbonyl (C=O) groups excluding carboxylic acids is 5. The molecule has 0 bridgehead atoms. The number of aromatic nitrogens is 2. The number of carbonyl (C=O) groups is 5. The van der Waals surface area contributed by atoms with E-state index in [4.69, 9.17) is 14.2 Å². The number of halogens is 2. The average molecular weight is 1100 g/mol. The van der Waals surface area contributed by atoms with Crippen LogP contribution in [0.25, 0.3) is 0 Å². The summed E-state index contributed by atoms with van der Waals surface area (Å²) in [7, 11) is 0. The summed E-state index contributed by atoms with van der Waals surface area (Å²) in [5, 5.41) is 25.4. The second-order valence-electron chi connectivity index (χ2n) is 21.2. The molecule has 4 fully saturated rings. The number of piperidine rings is 2. The van der Waals surface area contributed by atoms with E-state index in [-0.39, 0.29) is 83.0 Å². The summed E-state index contributed by atoms with van der Waals surface area (Å²) in [5.41, 5.74) is 2.35. The zero-order valence-corrected chi connectivity index (χ0v) is 44.4. The van der Waals surface area contributed by atoms with Gasteiger partial charge in [-0.1, -0.05) is 0 Å². The van der Waals surface area contributed by atoms with Crippen LogP contribution in [0.3, 0.4) is 0 Å². The normalized spacial score (nSPS) is 21.3. The number of hydrogen-bond donors (Lipinski definition) is 2. The Kier molecular flexibility index (Phi) is 17.3. The van der Waals surface area contributed by atoms with Crippen molar-refractivity contribution in [1.29, 1.82) is 10.5 Å². The number of nitriles is 2. The number of ether oxygens (including phenoxy) is 3. The number of nitrogens with one attached hydrogen (secondary N) is 2. The largest absolute Gasteiger partial charge is 0.490 e. The zero-order valence-electron chi connectivity index (χ0n) is 44.4. The van der Waals surface area contributed by atoms with Crippen LogP contribution in [0.5, 0.6) is 17.2 Å². The van der Waals surface area contributed by atoms with E-state index in [0.717, 1.165) is 0 Å². The number of Topliss-reactive ketones (excluding diaryl/α,β-unsaturated/α-hetero) is 1. The molecule has 81 heavy (non-hydrogen) atoms. The molecular formula is C63H60F2N8O8. The lowest BCUT2D eigenvalue weighted by atomic mass is 9.68. The number of rotatable bonds is 15. The van der Waals surface area contributed by atoms with Gasteiger partial charge in [-0.25, -0.2) is 8.78 Å². The molecule has 2 aromatic heterocycles. The van der Waals surface area contributed by atoms with E-state index < -0.39 is 17.6 Å². The number of benzene rings is 4. The topological polar surface area (TPSA) is 217 Å². The van der Waals surface area contributed by atoms with Gasteiger partial charge in [0.2, 0.25) is 0 Å². The van der Waals surface area contributed by atoms with Gasteiger partial charge in [-0.15, -0.1) is 0 Å². The summed E-state index contributed by atoms with van der Waals surface area (Å²) >= 11 is 0. The quantitative estimate of drug-likeness (QED) is 0.0920. The number of hydrogen-bond acceptors (Lipinski definition) is 12. The van der Waals surface area contributed by atoms with Crippen LogP contribution in [0, 0.1) is 52.1 Å². The fraction of sp³-hybridized carbons (Fsp3) is 0.349. The number of nitrogens with zero attached hydrogens (tertiary/aromatic N) is 6. The van der Waals surface area contributed by atoms with E-state index in [1.165, 1.54) is 54.9 Å². The first-order valence-corrected chi connectivity index (χ1v) is 27.5.